The van der Waals surface area contributed by atoms with Crippen molar-refractivity contribution in [3.63, 3.8) is 0 Å². The van der Waals surface area contributed by atoms with Crippen LogP contribution in [0.4, 0.5) is 0 Å². The number of fused-ring (bicyclic) bond motifs is 2. The van der Waals surface area contributed by atoms with Gasteiger partial charge in [-0.1, -0.05) is 42.5 Å². The van der Waals surface area contributed by atoms with Gasteiger partial charge in [0.2, 0.25) is 0 Å². The summed E-state index contributed by atoms with van der Waals surface area (Å²) >= 11 is 0. The minimum absolute atomic E-state index is 0.196. The summed E-state index contributed by atoms with van der Waals surface area (Å²) in [7, 11) is 0. The summed E-state index contributed by atoms with van der Waals surface area (Å²) in [4.78, 5) is 0. The third kappa shape index (κ3) is 1.75. The van der Waals surface area contributed by atoms with Gasteiger partial charge in [-0.3, -0.25) is 0 Å². The fraction of sp³-hybridized carbons (Fsp3) is 0.333. The van der Waals surface area contributed by atoms with Gasteiger partial charge in [-0.25, -0.2) is 0 Å². The van der Waals surface area contributed by atoms with Crippen molar-refractivity contribution >= 4 is 0 Å². The van der Waals surface area contributed by atoms with E-state index in [2.05, 4.69) is 30.3 Å². The number of hydrogen-bond donors (Lipinski definition) is 1. The van der Waals surface area contributed by atoms with Gasteiger partial charge >= 0.3 is 0 Å². The molecule has 1 aliphatic carbocycles. The van der Waals surface area contributed by atoms with Crippen molar-refractivity contribution in [1.82, 2.24) is 0 Å². The third-order valence-electron chi connectivity index (χ3n) is 4.62. The van der Waals surface area contributed by atoms with E-state index in [0.717, 1.165) is 37.2 Å². The van der Waals surface area contributed by atoms with E-state index in [1.807, 2.05) is 12.1 Å². The number of aliphatic hydroxyl groups excluding tert-OH is 1. The zero-order valence-corrected chi connectivity index (χ0v) is 11.4. The second-order valence-corrected chi connectivity index (χ2v) is 5.72. The first-order chi connectivity index (χ1) is 9.84. The molecular weight excluding hydrogens is 248 g/mol. The van der Waals surface area contributed by atoms with E-state index in [-0.39, 0.29) is 5.92 Å². The van der Waals surface area contributed by atoms with E-state index in [1.165, 1.54) is 16.7 Å². The Morgan fingerprint density at radius 2 is 1.85 bits per heavy atom. The molecule has 2 aromatic carbocycles. The third-order valence-corrected chi connectivity index (χ3v) is 4.62. The van der Waals surface area contributed by atoms with Crippen LogP contribution < -0.4 is 4.74 Å². The molecule has 2 aliphatic rings. The Kier molecular flexibility index (Phi) is 2.78. The lowest BCUT2D eigenvalue weighted by Crippen LogP contribution is -2.09. The predicted octanol–water partition coefficient (Wildman–Crippen LogP) is 3.38. The molecule has 0 aromatic heterocycles. The van der Waals surface area contributed by atoms with Crippen LogP contribution in [-0.2, 0) is 12.8 Å². The Bertz CT molecular complexity index is 648. The van der Waals surface area contributed by atoms with Crippen LogP contribution in [0.15, 0.2) is 42.5 Å². The molecule has 0 radical (unpaired) electrons. The molecule has 2 aromatic rings. The van der Waals surface area contributed by atoms with Crippen LogP contribution in [0, 0.1) is 0 Å². The monoisotopic (exact) mass is 266 g/mol. The molecule has 1 heterocycles. The molecule has 0 fully saturated rings. The van der Waals surface area contributed by atoms with Gasteiger partial charge in [0, 0.05) is 17.9 Å². The Morgan fingerprint density at radius 3 is 2.80 bits per heavy atom. The van der Waals surface area contributed by atoms with Crippen LogP contribution >= 0.6 is 0 Å². The minimum atomic E-state index is -0.466. The van der Waals surface area contributed by atoms with Gasteiger partial charge in [0.1, 0.15) is 5.75 Å². The molecule has 2 unspecified atom stereocenters. The number of rotatable bonds is 2. The lowest BCUT2D eigenvalue weighted by atomic mass is 9.89. The van der Waals surface area contributed by atoms with Crippen molar-refractivity contribution in [2.45, 2.75) is 31.3 Å². The Labute approximate surface area is 119 Å². The van der Waals surface area contributed by atoms with Crippen molar-refractivity contribution in [1.29, 1.82) is 0 Å². The van der Waals surface area contributed by atoms with Gasteiger partial charge < -0.3 is 9.84 Å². The second-order valence-electron chi connectivity index (χ2n) is 5.72. The maximum atomic E-state index is 10.9. The average molecular weight is 266 g/mol. The fourth-order valence-corrected chi connectivity index (χ4v) is 3.61. The maximum absolute atomic E-state index is 10.9. The maximum Gasteiger partial charge on any atom is 0.128 e. The second kappa shape index (κ2) is 4.64. The normalized spacial score (nSPS) is 21.1. The van der Waals surface area contributed by atoms with E-state index in [4.69, 9.17) is 4.74 Å². The lowest BCUT2D eigenvalue weighted by molar-refractivity contribution is 0.141. The first kappa shape index (κ1) is 12.0. The van der Waals surface area contributed by atoms with Crippen molar-refractivity contribution in [3.8, 4) is 5.75 Å². The zero-order valence-electron chi connectivity index (χ0n) is 11.4. The number of benzene rings is 2. The highest BCUT2D eigenvalue weighted by Gasteiger charge is 2.32. The van der Waals surface area contributed by atoms with Crippen LogP contribution in [0.5, 0.6) is 5.75 Å². The van der Waals surface area contributed by atoms with E-state index in [9.17, 15) is 5.11 Å². The number of aliphatic hydroxyl groups is 1. The summed E-state index contributed by atoms with van der Waals surface area (Å²) in [5.74, 6) is 1.12. The van der Waals surface area contributed by atoms with E-state index >= 15 is 0 Å². The van der Waals surface area contributed by atoms with Gasteiger partial charge in [-0.2, -0.15) is 0 Å². The first-order valence-electron chi connectivity index (χ1n) is 7.35. The molecule has 2 heteroatoms. The van der Waals surface area contributed by atoms with Crippen LogP contribution in [0.25, 0.3) is 0 Å². The number of aryl methyl sites for hydroxylation is 1. The van der Waals surface area contributed by atoms with E-state index in [1.54, 1.807) is 0 Å². The molecule has 0 bridgehead atoms. The van der Waals surface area contributed by atoms with E-state index in [0.29, 0.717) is 0 Å². The molecule has 0 amide bonds. The molecule has 1 N–H and O–H groups in total. The molecule has 20 heavy (non-hydrogen) atoms. The highest BCUT2D eigenvalue weighted by molar-refractivity contribution is 5.47. The lowest BCUT2D eigenvalue weighted by Gasteiger charge is -2.21. The highest BCUT2D eigenvalue weighted by atomic mass is 16.5. The summed E-state index contributed by atoms with van der Waals surface area (Å²) in [6.45, 7) is 0.736. The molecule has 0 saturated heterocycles. The first-order valence-corrected chi connectivity index (χ1v) is 7.35. The molecule has 2 atom stereocenters. The summed E-state index contributed by atoms with van der Waals surface area (Å²) in [6, 6.07) is 14.6. The quantitative estimate of drug-likeness (QED) is 0.903. The number of ether oxygens (including phenoxy) is 1. The van der Waals surface area contributed by atoms with Crippen LogP contribution in [0.3, 0.4) is 0 Å². The molecule has 1 aliphatic heterocycles. The van der Waals surface area contributed by atoms with Crippen molar-refractivity contribution in [2.24, 2.45) is 0 Å². The van der Waals surface area contributed by atoms with E-state index < -0.39 is 6.10 Å². The standard InChI is InChI=1S/C18H18O2/c19-17(15-9-8-12-4-1-2-6-14(12)15)16-7-3-5-13-10-11-20-18(13)16/h1-7,15,17,19H,8-11H2. The molecule has 0 saturated carbocycles. The van der Waals surface area contributed by atoms with Crippen molar-refractivity contribution < 1.29 is 9.84 Å². The van der Waals surface area contributed by atoms with Crippen molar-refractivity contribution in [2.75, 3.05) is 6.61 Å². The van der Waals surface area contributed by atoms with Gasteiger partial charge in [0.15, 0.2) is 0 Å². The summed E-state index contributed by atoms with van der Waals surface area (Å²) in [6.07, 6.45) is 2.57. The average Bonchev–Trinajstić information content (AvgIpc) is 3.12. The largest absolute Gasteiger partial charge is 0.493 e. The Hall–Kier alpha value is -1.80. The van der Waals surface area contributed by atoms with Gasteiger partial charge in [-0.15, -0.1) is 0 Å². The Morgan fingerprint density at radius 1 is 1.00 bits per heavy atom. The van der Waals surface area contributed by atoms with Crippen molar-refractivity contribution in [3.05, 3.63) is 64.7 Å². The highest BCUT2D eigenvalue weighted by Crippen LogP contribution is 2.45. The predicted molar refractivity (Wildman–Crippen MR) is 78.1 cm³/mol. The van der Waals surface area contributed by atoms with Crippen LogP contribution in [0.1, 0.15) is 40.7 Å². The summed E-state index contributed by atoms with van der Waals surface area (Å²) in [5, 5.41) is 10.9. The summed E-state index contributed by atoms with van der Waals surface area (Å²) < 4.78 is 5.74. The number of para-hydroxylation sites is 1. The van der Waals surface area contributed by atoms with Gasteiger partial charge in [-0.05, 0) is 29.5 Å². The topological polar surface area (TPSA) is 29.5 Å². The minimum Gasteiger partial charge on any atom is -0.493 e. The van der Waals surface area contributed by atoms with Crippen LogP contribution in [0.2, 0.25) is 0 Å². The number of hydrogen-bond acceptors (Lipinski definition) is 2. The molecule has 4 rings (SSSR count). The molecule has 0 spiro atoms. The van der Waals surface area contributed by atoms with Gasteiger partial charge in [0.25, 0.3) is 0 Å². The molecule has 102 valence electrons. The molecular formula is C18H18O2. The Balaban J connectivity index is 1.73. The fourth-order valence-electron chi connectivity index (χ4n) is 3.61. The smallest absolute Gasteiger partial charge is 0.128 e. The van der Waals surface area contributed by atoms with Gasteiger partial charge in [0.05, 0.1) is 12.7 Å². The molecule has 2 nitrogen and oxygen atoms in total. The van der Waals surface area contributed by atoms with Crippen LogP contribution in [-0.4, -0.2) is 11.7 Å². The summed E-state index contributed by atoms with van der Waals surface area (Å²) in [5.41, 5.74) is 4.87. The zero-order chi connectivity index (χ0) is 13.5. The SMILES string of the molecule is OC(c1cccc2c1OCC2)C1CCc2ccccc21.